The van der Waals surface area contributed by atoms with Crippen molar-refractivity contribution in [1.29, 1.82) is 0 Å². The molecule has 98 valence electrons. The van der Waals surface area contributed by atoms with Crippen LogP contribution >= 0.6 is 0 Å². The summed E-state index contributed by atoms with van der Waals surface area (Å²) in [4.78, 5) is 13.9. The van der Waals surface area contributed by atoms with Crippen LogP contribution in [0, 0.1) is 0 Å². The van der Waals surface area contributed by atoms with Crippen LogP contribution in [0.4, 0.5) is 0 Å². The van der Waals surface area contributed by atoms with Gasteiger partial charge in [-0.1, -0.05) is 37.6 Å². The zero-order chi connectivity index (χ0) is 13.2. The normalized spacial score (nSPS) is 23.5. The minimum absolute atomic E-state index is 0.698. The Morgan fingerprint density at radius 2 is 2.11 bits per heavy atom. The smallest absolute Gasteiger partial charge is 0.328 e. The van der Waals surface area contributed by atoms with Crippen LogP contribution < -0.4 is 0 Å². The van der Waals surface area contributed by atoms with E-state index in [1.165, 1.54) is 5.56 Å². The zero-order valence-corrected chi connectivity index (χ0v) is 11.1. The van der Waals surface area contributed by atoms with Crippen molar-refractivity contribution in [3.8, 4) is 0 Å². The van der Waals surface area contributed by atoms with E-state index < -0.39 is 11.5 Å². The lowest BCUT2D eigenvalue weighted by Crippen LogP contribution is -2.50. The van der Waals surface area contributed by atoms with E-state index in [9.17, 15) is 9.90 Å². The number of likely N-dealkylation sites (N-methyl/N-ethyl adjacent to an activating group) is 1. The van der Waals surface area contributed by atoms with E-state index in [4.69, 9.17) is 0 Å². The first-order valence-electron chi connectivity index (χ1n) is 6.66. The molecule has 1 aliphatic rings. The molecule has 3 heteroatoms. The molecule has 1 atom stereocenters. The molecule has 0 spiro atoms. The maximum Gasteiger partial charge on any atom is 0.328 e. The molecule has 0 aliphatic heterocycles. The summed E-state index contributed by atoms with van der Waals surface area (Å²) in [6.45, 7) is 2.75. The number of benzene rings is 1. The van der Waals surface area contributed by atoms with Crippen LogP contribution in [0.25, 0.3) is 0 Å². The van der Waals surface area contributed by atoms with Gasteiger partial charge in [0.1, 0.15) is 5.54 Å². The number of carboxylic acids is 1. The number of hydrogen-bond donors (Lipinski definition) is 1. The van der Waals surface area contributed by atoms with Crippen molar-refractivity contribution < 1.29 is 9.90 Å². The Hall–Kier alpha value is -1.35. The minimum Gasteiger partial charge on any atom is -0.480 e. The average Bonchev–Trinajstić information content (AvgIpc) is 2.58. The Balaban J connectivity index is 2.61. The molecule has 0 saturated carbocycles. The third kappa shape index (κ3) is 1.93. The third-order valence-electron chi connectivity index (χ3n) is 4.18. The van der Waals surface area contributed by atoms with Crippen molar-refractivity contribution in [3.05, 3.63) is 35.4 Å². The molecule has 18 heavy (non-hydrogen) atoms. The molecule has 1 N–H and O–H groups in total. The molecule has 0 bridgehead atoms. The number of rotatable bonds is 3. The topological polar surface area (TPSA) is 40.5 Å². The maximum absolute atomic E-state index is 12.0. The van der Waals surface area contributed by atoms with Gasteiger partial charge in [0.25, 0.3) is 0 Å². The Bertz CT molecular complexity index is 444. The van der Waals surface area contributed by atoms with Gasteiger partial charge in [-0.2, -0.15) is 0 Å². The third-order valence-corrected chi connectivity index (χ3v) is 4.18. The number of fused-ring (bicyclic) bond motifs is 1. The average molecular weight is 247 g/mol. The lowest BCUT2D eigenvalue weighted by Gasteiger charge is -2.38. The number of carboxylic acid groups (broad SMARTS) is 1. The highest BCUT2D eigenvalue weighted by molar-refractivity contribution is 5.81. The van der Waals surface area contributed by atoms with Gasteiger partial charge < -0.3 is 5.11 Å². The van der Waals surface area contributed by atoms with Crippen LogP contribution in [0.3, 0.4) is 0 Å². The zero-order valence-electron chi connectivity index (χ0n) is 11.1. The van der Waals surface area contributed by atoms with E-state index >= 15 is 0 Å². The first-order chi connectivity index (χ1) is 8.63. The molecule has 0 fully saturated rings. The summed E-state index contributed by atoms with van der Waals surface area (Å²) in [7, 11) is 1.91. The standard InChI is InChI=1S/C15H21NO2/c1-3-16(2)15(14(17)18)11-7-6-9-12-8-4-5-10-13(12)15/h4-5,8,10H,3,6-7,9,11H2,1-2H3,(H,17,18). The molecule has 1 unspecified atom stereocenters. The molecular formula is C15H21NO2. The SMILES string of the molecule is CCN(C)C1(C(=O)O)CCCCc2ccccc21. The first kappa shape index (κ1) is 13.1. The van der Waals surface area contributed by atoms with Crippen molar-refractivity contribution >= 4 is 5.97 Å². The number of carbonyl (C=O) groups is 1. The molecular weight excluding hydrogens is 226 g/mol. The van der Waals surface area contributed by atoms with Crippen LogP contribution in [-0.4, -0.2) is 29.6 Å². The molecule has 0 aromatic heterocycles. The van der Waals surface area contributed by atoms with Gasteiger partial charge in [-0.05, 0) is 44.0 Å². The van der Waals surface area contributed by atoms with Crippen molar-refractivity contribution in [2.45, 2.75) is 38.1 Å². The van der Waals surface area contributed by atoms with Crippen molar-refractivity contribution in [1.82, 2.24) is 4.90 Å². The van der Waals surface area contributed by atoms with Gasteiger partial charge in [-0.3, -0.25) is 4.90 Å². The lowest BCUT2D eigenvalue weighted by atomic mass is 9.83. The van der Waals surface area contributed by atoms with Crippen LogP contribution in [0.5, 0.6) is 0 Å². The molecule has 1 aliphatic carbocycles. The van der Waals surface area contributed by atoms with Crippen molar-refractivity contribution in [2.24, 2.45) is 0 Å². The summed E-state index contributed by atoms with van der Waals surface area (Å²) in [5, 5.41) is 9.82. The van der Waals surface area contributed by atoms with Gasteiger partial charge in [0, 0.05) is 0 Å². The van der Waals surface area contributed by atoms with Gasteiger partial charge in [0.2, 0.25) is 0 Å². The number of aryl methyl sites for hydroxylation is 1. The van der Waals surface area contributed by atoms with Gasteiger partial charge in [-0.25, -0.2) is 4.79 Å². The van der Waals surface area contributed by atoms with Crippen LogP contribution in [0.1, 0.15) is 37.3 Å². The predicted molar refractivity (Wildman–Crippen MR) is 71.6 cm³/mol. The second kappa shape index (κ2) is 5.11. The second-order valence-corrected chi connectivity index (χ2v) is 5.04. The van der Waals surface area contributed by atoms with Crippen molar-refractivity contribution in [2.75, 3.05) is 13.6 Å². The maximum atomic E-state index is 12.0. The lowest BCUT2D eigenvalue weighted by molar-refractivity contribution is -0.152. The first-order valence-corrected chi connectivity index (χ1v) is 6.66. The summed E-state index contributed by atoms with van der Waals surface area (Å²) in [5.41, 5.74) is 1.33. The largest absolute Gasteiger partial charge is 0.480 e. The summed E-state index contributed by atoms with van der Waals surface area (Å²) in [6.07, 6.45) is 3.72. The van der Waals surface area contributed by atoms with Gasteiger partial charge in [-0.15, -0.1) is 0 Å². The second-order valence-electron chi connectivity index (χ2n) is 5.04. The molecule has 0 saturated heterocycles. The number of nitrogens with zero attached hydrogens (tertiary/aromatic N) is 1. The molecule has 2 rings (SSSR count). The minimum atomic E-state index is -0.845. The predicted octanol–water partition coefficient (Wildman–Crippen LogP) is 2.64. The number of hydrogen-bond acceptors (Lipinski definition) is 2. The highest BCUT2D eigenvalue weighted by Gasteiger charge is 2.45. The molecule has 1 aromatic rings. The summed E-state index contributed by atoms with van der Waals surface area (Å²) >= 11 is 0. The number of aliphatic carboxylic acids is 1. The van der Waals surface area contributed by atoms with E-state index in [-0.39, 0.29) is 0 Å². The van der Waals surface area contributed by atoms with E-state index in [1.807, 2.05) is 37.1 Å². The van der Waals surface area contributed by atoms with Crippen LogP contribution in [0.2, 0.25) is 0 Å². The summed E-state index contributed by atoms with van der Waals surface area (Å²) < 4.78 is 0. The monoisotopic (exact) mass is 247 g/mol. The van der Waals surface area contributed by atoms with Gasteiger partial charge in [0.05, 0.1) is 0 Å². The Morgan fingerprint density at radius 1 is 1.39 bits per heavy atom. The van der Waals surface area contributed by atoms with E-state index in [0.29, 0.717) is 6.42 Å². The fraction of sp³-hybridized carbons (Fsp3) is 0.533. The summed E-state index contributed by atoms with van der Waals surface area (Å²) in [6, 6.07) is 8.01. The molecule has 0 amide bonds. The van der Waals surface area contributed by atoms with E-state index in [2.05, 4.69) is 6.07 Å². The summed E-state index contributed by atoms with van der Waals surface area (Å²) in [5.74, 6) is -0.721. The Morgan fingerprint density at radius 3 is 2.78 bits per heavy atom. The fourth-order valence-electron chi connectivity index (χ4n) is 3.02. The highest BCUT2D eigenvalue weighted by Crippen LogP contribution is 2.38. The van der Waals surface area contributed by atoms with Gasteiger partial charge >= 0.3 is 5.97 Å². The molecule has 1 aromatic carbocycles. The molecule has 3 nitrogen and oxygen atoms in total. The van der Waals surface area contributed by atoms with E-state index in [0.717, 1.165) is 31.4 Å². The Kier molecular flexibility index (Phi) is 3.71. The Labute approximate surface area is 108 Å². The highest BCUT2D eigenvalue weighted by atomic mass is 16.4. The fourth-order valence-corrected chi connectivity index (χ4v) is 3.02. The van der Waals surface area contributed by atoms with Gasteiger partial charge in [0.15, 0.2) is 0 Å². The van der Waals surface area contributed by atoms with Crippen molar-refractivity contribution in [3.63, 3.8) is 0 Å². The van der Waals surface area contributed by atoms with Crippen LogP contribution in [0.15, 0.2) is 24.3 Å². The van der Waals surface area contributed by atoms with E-state index in [1.54, 1.807) is 0 Å². The molecule has 0 radical (unpaired) electrons. The quantitative estimate of drug-likeness (QED) is 0.835. The van der Waals surface area contributed by atoms with Crippen LogP contribution in [-0.2, 0) is 16.8 Å². The molecule has 0 heterocycles.